The Bertz CT molecular complexity index is 1140. The largest absolute Gasteiger partial charge is 0.573 e. The van der Waals surface area contributed by atoms with Gasteiger partial charge in [-0.1, -0.05) is 0 Å². The third-order valence-corrected chi connectivity index (χ3v) is 5.39. The van der Waals surface area contributed by atoms with Crippen molar-refractivity contribution in [1.29, 1.82) is 5.26 Å². The van der Waals surface area contributed by atoms with E-state index >= 15 is 0 Å². The number of halogens is 3. The fourth-order valence-corrected chi connectivity index (χ4v) is 4.10. The van der Waals surface area contributed by atoms with Crippen LogP contribution in [0.5, 0.6) is 5.75 Å². The van der Waals surface area contributed by atoms with Gasteiger partial charge in [-0.25, -0.2) is 9.67 Å². The fourth-order valence-electron chi connectivity index (χ4n) is 4.10. The van der Waals surface area contributed by atoms with Crippen LogP contribution in [0, 0.1) is 11.3 Å². The quantitative estimate of drug-likeness (QED) is 0.646. The topological polar surface area (TPSA) is 82.2 Å². The number of aromatic nitrogens is 3. The van der Waals surface area contributed by atoms with Gasteiger partial charge in [-0.05, 0) is 41.8 Å². The maximum Gasteiger partial charge on any atom is 0.573 e. The Morgan fingerprint density at radius 1 is 1.13 bits per heavy atom. The molecule has 1 aliphatic heterocycles. The molecule has 1 aliphatic carbocycles. The predicted molar refractivity (Wildman–Crippen MR) is 96.9 cm³/mol. The zero-order chi connectivity index (χ0) is 20.9. The lowest BCUT2D eigenvalue weighted by Crippen LogP contribution is -2.43. The number of fused-ring (bicyclic) bond motifs is 1. The van der Waals surface area contributed by atoms with Gasteiger partial charge in [0.2, 0.25) is 0 Å². The lowest BCUT2D eigenvalue weighted by Gasteiger charge is -2.43. The van der Waals surface area contributed by atoms with Crippen molar-refractivity contribution >= 4 is 11.0 Å². The molecule has 10 heteroatoms. The summed E-state index contributed by atoms with van der Waals surface area (Å²) in [7, 11) is 0. The van der Waals surface area contributed by atoms with Gasteiger partial charge in [-0.2, -0.15) is 10.4 Å². The molecule has 5 rings (SSSR count). The second-order valence-electron chi connectivity index (χ2n) is 7.23. The molecular formula is C20H15F3N4O3. The summed E-state index contributed by atoms with van der Waals surface area (Å²) in [5, 5.41) is 14.6. The van der Waals surface area contributed by atoms with E-state index in [1.54, 1.807) is 6.20 Å². The summed E-state index contributed by atoms with van der Waals surface area (Å²) in [4.78, 5) is 4.37. The highest BCUT2D eigenvalue weighted by Gasteiger charge is 2.50. The number of rotatable bonds is 3. The summed E-state index contributed by atoms with van der Waals surface area (Å²) in [6.45, 7) is 1.15. The van der Waals surface area contributed by atoms with E-state index in [2.05, 4.69) is 20.9 Å². The summed E-state index contributed by atoms with van der Waals surface area (Å²) >= 11 is 0. The Morgan fingerprint density at radius 3 is 2.47 bits per heavy atom. The van der Waals surface area contributed by atoms with Gasteiger partial charge < -0.3 is 14.2 Å². The first-order chi connectivity index (χ1) is 14.4. The van der Waals surface area contributed by atoms with Crippen LogP contribution < -0.4 is 4.74 Å². The molecule has 2 fully saturated rings. The van der Waals surface area contributed by atoms with Crippen LogP contribution in [0.2, 0.25) is 0 Å². The molecule has 2 aromatic heterocycles. The number of alkyl halides is 3. The lowest BCUT2D eigenvalue weighted by atomic mass is 9.74. The molecule has 154 valence electrons. The number of nitrogens with zero attached hydrogens (tertiary/aromatic N) is 4. The molecule has 0 N–H and O–H groups in total. The molecule has 0 unspecified atom stereocenters. The van der Waals surface area contributed by atoms with Crippen LogP contribution in [-0.4, -0.2) is 40.1 Å². The third kappa shape index (κ3) is 3.16. The highest BCUT2D eigenvalue weighted by Crippen LogP contribution is 2.51. The van der Waals surface area contributed by atoms with Crippen LogP contribution in [-0.2, 0) is 9.47 Å². The number of benzene rings is 1. The van der Waals surface area contributed by atoms with Gasteiger partial charge in [0, 0.05) is 19.0 Å². The van der Waals surface area contributed by atoms with Crippen LogP contribution in [0.3, 0.4) is 0 Å². The normalized spacial score (nSPS) is 18.5. The number of ether oxygens (including phenoxy) is 3. The summed E-state index contributed by atoms with van der Waals surface area (Å²) in [6, 6.07) is 9.21. The van der Waals surface area contributed by atoms with Crippen LogP contribution in [0.15, 0.2) is 36.5 Å². The average molecular weight is 416 g/mol. The van der Waals surface area contributed by atoms with Crippen LogP contribution >= 0.6 is 0 Å². The van der Waals surface area contributed by atoms with Crippen molar-refractivity contribution in [1.82, 2.24) is 14.8 Å². The third-order valence-electron chi connectivity index (χ3n) is 5.39. The molecule has 0 amide bonds. The Hall–Kier alpha value is -3.16. The van der Waals surface area contributed by atoms with Crippen molar-refractivity contribution in [3.05, 3.63) is 47.8 Å². The molecule has 2 aliphatic rings. The monoisotopic (exact) mass is 416 g/mol. The van der Waals surface area contributed by atoms with Gasteiger partial charge in [0.15, 0.2) is 17.1 Å². The van der Waals surface area contributed by atoms with Crippen molar-refractivity contribution in [2.75, 3.05) is 13.2 Å². The van der Waals surface area contributed by atoms with Crippen molar-refractivity contribution in [2.45, 2.75) is 30.9 Å². The van der Waals surface area contributed by atoms with Gasteiger partial charge in [-0.15, -0.1) is 13.2 Å². The van der Waals surface area contributed by atoms with Crippen LogP contribution in [0.1, 0.15) is 30.0 Å². The highest BCUT2D eigenvalue weighted by molar-refractivity contribution is 5.86. The number of nitriles is 1. The van der Waals surface area contributed by atoms with Gasteiger partial charge in [0.05, 0.1) is 24.3 Å². The smallest absolute Gasteiger partial charge is 0.406 e. The van der Waals surface area contributed by atoms with E-state index in [0.717, 1.165) is 5.56 Å². The summed E-state index contributed by atoms with van der Waals surface area (Å²) < 4.78 is 53.9. The van der Waals surface area contributed by atoms with E-state index in [1.807, 2.05) is 6.07 Å². The molecule has 3 heterocycles. The number of hydrogen-bond acceptors (Lipinski definition) is 6. The summed E-state index contributed by atoms with van der Waals surface area (Å²) in [6.07, 6.45) is -1.76. The Morgan fingerprint density at radius 2 is 1.83 bits per heavy atom. The molecule has 1 aromatic carbocycles. The van der Waals surface area contributed by atoms with Crippen molar-refractivity contribution in [3.8, 4) is 17.5 Å². The first-order valence-electron chi connectivity index (χ1n) is 9.29. The zero-order valence-corrected chi connectivity index (χ0v) is 15.5. The molecule has 30 heavy (non-hydrogen) atoms. The molecule has 0 bridgehead atoms. The number of hydrogen-bond donors (Lipinski definition) is 0. The highest BCUT2D eigenvalue weighted by atomic mass is 19.4. The van der Waals surface area contributed by atoms with E-state index in [9.17, 15) is 18.4 Å². The SMILES string of the molecule is N#Cc1nn(-c2ccc(OC(F)(F)F)cc2)c2nccc(C3CC4(C3)OCCO4)c12. The fraction of sp³-hybridized carbons (Fsp3) is 0.350. The Kier molecular flexibility index (Phi) is 4.20. The Labute approximate surface area is 168 Å². The van der Waals surface area contributed by atoms with E-state index in [0.29, 0.717) is 42.8 Å². The lowest BCUT2D eigenvalue weighted by molar-refractivity contribution is -0.274. The molecule has 0 radical (unpaired) electrons. The van der Waals surface area contributed by atoms with E-state index in [-0.39, 0.29) is 17.4 Å². The summed E-state index contributed by atoms with van der Waals surface area (Å²) in [5.41, 5.74) is 2.07. The standard InChI is InChI=1S/C20H15F3N4O3/c21-20(22,23)30-14-3-1-13(2-4-14)27-18-17(16(11-24)26-27)15(5-6-25-18)12-9-19(10-12)28-7-8-29-19/h1-6,12H,7-10H2. The van der Waals surface area contributed by atoms with Gasteiger partial charge in [-0.3, -0.25) is 0 Å². The van der Waals surface area contributed by atoms with Crippen molar-refractivity contribution < 1.29 is 27.4 Å². The maximum atomic E-state index is 12.4. The molecule has 1 saturated carbocycles. The van der Waals surface area contributed by atoms with Gasteiger partial charge in [0.25, 0.3) is 0 Å². The number of pyridine rings is 1. The molecular weight excluding hydrogens is 401 g/mol. The minimum absolute atomic E-state index is 0.140. The van der Waals surface area contributed by atoms with Crippen LogP contribution in [0.4, 0.5) is 13.2 Å². The molecule has 7 nitrogen and oxygen atoms in total. The average Bonchev–Trinajstić information content (AvgIpc) is 3.31. The van der Waals surface area contributed by atoms with E-state index < -0.39 is 12.1 Å². The molecule has 1 spiro atoms. The predicted octanol–water partition coefficient (Wildman–Crippen LogP) is 3.81. The maximum absolute atomic E-state index is 12.4. The Balaban J connectivity index is 1.51. The first-order valence-corrected chi connectivity index (χ1v) is 9.29. The second-order valence-corrected chi connectivity index (χ2v) is 7.23. The molecule has 1 saturated heterocycles. The van der Waals surface area contributed by atoms with Crippen molar-refractivity contribution in [2.24, 2.45) is 0 Å². The van der Waals surface area contributed by atoms with E-state index in [4.69, 9.17) is 9.47 Å². The second kappa shape index (κ2) is 6.68. The van der Waals surface area contributed by atoms with Crippen LogP contribution in [0.25, 0.3) is 16.7 Å². The zero-order valence-electron chi connectivity index (χ0n) is 15.5. The molecule has 3 aromatic rings. The minimum Gasteiger partial charge on any atom is -0.406 e. The minimum atomic E-state index is -4.77. The first kappa shape index (κ1) is 18.8. The van der Waals surface area contributed by atoms with Crippen molar-refractivity contribution in [3.63, 3.8) is 0 Å². The molecule has 0 atom stereocenters. The van der Waals surface area contributed by atoms with Gasteiger partial charge in [0.1, 0.15) is 11.8 Å². The van der Waals surface area contributed by atoms with Gasteiger partial charge >= 0.3 is 6.36 Å². The summed E-state index contributed by atoms with van der Waals surface area (Å²) in [5.74, 6) is -0.730. The van der Waals surface area contributed by atoms with E-state index in [1.165, 1.54) is 28.9 Å².